The number of carbonyl (C=O) groups is 3. The summed E-state index contributed by atoms with van der Waals surface area (Å²) in [7, 11) is 0. The van der Waals surface area contributed by atoms with Crippen LogP contribution in [0, 0.1) is 0 Å². The van der Waals surface area contributed by atoms with Crippen LogP contribution in [0.3, 0.4) is 0 Å². The van der Waals surface area contributed by atoms with Crippen molar-refractivity contribution in [2.75, 3.05) is 11.9 Å². The fraction of sp³-hybridized carbons (Fsp3) is 0.375. The molecule has 11 nitrogen and oxygen atoms in total. The maximum absolute atomic E-state index is 13.0. The molecule has 1 saturated heterocycles. The van der Waals surface area contributed by atoms with Gasteiger partial charge in [-0.05, 0) is 43.5 Å². The number of rotatable bonds is 8. The first kappa shape index (κ1) is 25.5. The molecule has 0 saturated carbocycles. The third kappa shape index (κ3) is 5.61. The zero-order valence-electron chi connectivity index (χ0n) is 19.9. The molecular weight excluding hydrogens is 484 g/mol. The van der Waals surface area contributed by atoms with Gasteiger partial charge in [0.05, 0.1) is 23.5 Å². The fourth-order valence-electron chi connectivity index (χ4n) is 4.15. The van der Waals surface area contributed by atoms with Crippen LogP contribution < -0.4 is 10.6 Å². The van der Waals surface area contributed by atoms with E-state index >= 15 is 0 Å². The van der Waals surface area contributed by atoms with Gasteiger partial charge >= 0.3 is 0 Å². The predicted octanol–water partition coefficient (Wildman–Crippen LogP) is 1.55. The van der Waals surface area contributed by atoms with E-state index in [4.69, 9.17) is 0 Å². The molecule has 4 atom stereocenters. The van der Waals surface area contributed by atoms with E-state index in [-0.39, 0.29) is 5.91 Å². The molecule has 3 aromatic rings. The van der Waals surface area contributed by atoms with Crippen molar-refractivity contribution in [3.05, 3.63) is 59.4 Å². The molecule has 2 aromatic heterocycles. The number of hydrogen-bond donors (Lipinski definition) is 4. The summed E-state index contributed by atoms with van der Waals surface area (Å²) in [5, 5.41) is 32.6. The van der Waals surface area contributed by atoms with E-state index in [9.17, 15) is 24.6 Å². The number of nitrogens with one attached hydrogen (secondary N) is 2. The van der Waals surface area contributed by atoms with Crippen LogP contribution in [-0.2, 0) is 14.4 Å². The Labute approximate surface area is 211 Å². The topological polar surface area (TPSA) is 150 Å². The van der Waals surface area contributed by atoms with Crippen molar-refractivity contribution in [3.8, 4) is 5.69 Å². The van der Waals surface area contributed by atoms with Gasteiger partial charge in [0.15, 0.2) is 17.3 Å². The Bertz CT molecular complexity index is 1210. The van der Waals surface area contributed by atoms with Crippen molar-refractivity contribution in [1.29, 1.82) is 0 Å². The van der Waals surface area contributed by atoms with E-state index in [0.717, 1.165) is 11.3 Å². The molecule has 0 spiro atoms. The summed E-state index contributed by atoms with van der Waals surface area (Å²) in [6, 6.07) is 8.29. The first-order valence-corrected chi connectivity index (χ1v) is 12.4. The van der Waals surface area contributed by atoms with E-state index in [2.05, 4.69) is 20.7 Å². The maximum Gasteiger partial charge on any atom is 0.255 e. The third-order valence-electron chi connectivity index (χ3n) is 6.02. The van der Waals surface area contributed by atoms with E-state index in [1.807, 2.05) is 36.5 Å². The van der Waals surface area contributed by atoms with Crippen molar-refractivity contribution in [3.63, 3.8) is 0 Å². The quantitative estimate of drug-likeness (QED) is 0.358. The number of aromatic nitrogens is 3. The number of aliphatic hydroxyl groups excluding tert-OH is 2. The van der Waals surface area contributed by atoms with Crippen LogP contribution >= 0.6 is 11.3 Å². The Morgan fingerprint density at radius 2 is 1.92 bits per heavy atom. The third-order valence-corrected chi connectivity index (χ3v) is 6.80. The molecule has 1 aliphatic heterocycles. The largest absolute Gasteiger partial charge is 0.380 e. The summed E-state index contributed by atoms with van der Waals surface area (Å²) in [6.07, 6.45) is 0.938. The Balaban J connectivity index is 1.36. The number of nitrogens with zero attached hydrogens (tertiary/aromatic N) is 4. The Morgan fingerprint density at radius 1 is 1.17 bits per heavy atom. The van der Waals surface area contributed by atoms with E-state index in [1.165, 1.54) is 23.2 Å². The van der Waals surface area contributed by atoms with Gasteiger partial charge in [-0.25, -0.2) is 9.67 Å². The van der Waals surface area contributed by atoms with Gasteiger partial charge in [0, 0.05) is 31.2 Å². The van der Waals surface area contributed by atoms with Crippen LogP contribution in [-0.4, -0.2) is 66.4 Å². The number of anilines is 1. The standard InChI is InChI=1S/C24H28N6O5S/c1-14(16-6-8-17(9-7-16)30-12-4-10-25-30)26-22(34)20(32)21(33)23(35)29-11-3-5-19(29)18-13-36-24(28-18)27-15(2)31/h4,6-10,12-14,19-21,32-33H,3,5,11H2,1-2H3,(H,26,34)(H,27,28,31)/t14-,19-,20-,21-/m1/s1. The number of carbonyl (C=O) groups excluding carboxylic acids is 3. The lowest BCUT2D eigenvalue weighted by Gasteiger charge is -2.28. The lowest BCUT2D eigenvalue weighted by molar-refractivity contribution is -0.154. The summed E-state index contributed by atoms with van der Waals surface area (Å²) in [4.78, 5) is 42.7. The molecular formula is C24H28N6O5S. The summed E-state index contributed by atoms with van der Waals surface area (Å²) in [6.45, 7) is 3.49. The lowest BCUT2D eigenvalue weighted by Crippen LogP contribution is -2.51. The summed E-state index contributed by atoms with van der Waals surface area (Å²) >= 11 is 1.24. The molecule has 1 aliphatic rings. The van der Waals surface area contributed by atoms with Gasteiger partial charge in [-0.3, -0.25) is 14.4 Å². The molecule has 1 fully saturated rings. The van der Waals surface area contributed by atoms with Crippen molar-refractivity contribution in [1.82, 2.24) is 25.0 Å². The number of benzene rings is 1. The minimum atomic E-state index is -1.94. The second-order valence-electron chi connectivity index (χ2n) is 8.61. The highest BCUT2D eigenvalue weighted by Crippen LogP contribution is 2.34. The number of aliphatic hydroxyl groups is 2. The van der Waals surface area contributed by atoms with Crippen molar-refractivity contribution in [2.45, 2.75) is 51.0 Å². The fourth-order valence-corrected chi connectivity index (χ4v) is 4.96. The molecule has 0 aliphatic carbocycles. The number of likely N-dealkylation sites (tertiary alicyclic amines) is 1. The highest BCUT2D eigenvalue weighted by molar-refractivity contribution is 7.13. The number of amides is 3. The smallest absolute Gasteiger partial charge is 0.255 e. The summed E-state index contributed by atoms with van der Waals surface area (Å²) < 4.78 is 1.70. The van der Waals surface area contributed by atoms with Crippen LogP contribution in [0.15, 0.2) is 48.1 Å². The lowest BCUT2D eigenvalue weighted by atomic mass is 10.1. The van der Waals surface area contributed by atoms with Crippen LogP contribution in [0.1, 0.15) is 50.0 Å². The SMILES string of the molecule is CC(=O)Nc1nc([C@H]2CCCN2C(=O)[C@H](O)[C@@H](O)C(=O)N[C@H](C)c2ccc(-n3cccn3)cc2)cs1. The molecule has 0 bridgehead atoms. The molecule has 1 aromatic carbocycles. The Kier molecular flexibility index (Phi) is 7.77. The van der Waals surface area contributed by atoms with Gasteiger partial charge in [-0.15, -0.1) is 11.3 Å². The first-order valence-electron chi connectivity index (χ1n) is 11.5. The molecule has 3 heterocycles. The second-order valence-corrected chi connectivity index (χ2v) is 9.47. The number of hydrogen-bond acceptors (Lipinski definition) is 8. The van der Waals surface area contributed by atoms with Crippen molar-refractivity contribution in [2.24, 2.45) is 0 Å². The zero-order valence-corrected chi connectivity index (χ0v) is 20.7. The number of thiazole rings is 1. The predicted molar refractivity (Wildman–Crippen MR) is 132 cm³/mol. The monoisotopic (exact) mass is 512 g/mol. The van der Waals surface area contributed by atoms with Crippen molar-refractivity contribution >= 4 is 34.2 Å². The van der Waals surface area contributed by atoms with Gasteiger partial charge in [0.2, 0.25) is 5.91 Å². The highest BCUT2D eigenvalue weighted by atomic mass is 32.1. The van der Waals surface area contributed by atoms with E-state index < -0.39 is 36.1 Å². The molecule has 3 amide bonds. The summed E-state index contributed by atoms with van der Waals surface area (Å²) in [5.41, 5.74) is 2.23. The van der Waals surface area contributed by atoms with Gasteiger partial charge in [0.25, 0.3) is 11.8 Å². The van der Waals surface area contributed by atoms with Crippen LogP contribution in [0.2, 0.25) is 0 Å². The normalized spacial score (nSPS) is 17.9. The first-order chi connectivity index (χ1) is 17.2. The highest BCUT2D eigenvalue weighted by Gasteiger charge is 2.39. The minimum absolute atomic E-state index is 0.247. The molecule has 12 heteroatoms. The van der Waals surface area contributed by atoms with Crippen LogP contribution in [0.25, 0.3) is 5.69 Å². The Hall–Kier alpha value is -3.61. The van der Waals surface area contributed by atoms with Crippen LogP contribution in [0.4, 0.5) is 5.13 Å². The molecule has 190 valence electrons. The summed E-state index contributed by atoms with van der Waals surface area (Å²) in [5.74, 6) is -1.84. The molecule has 4 rings (SSSR count). The second kappa shape index (κ2) is 11.0. The molecule has 36 heavy (non-hydrogen) atoms. The van der Waals surface area contributed by atoms with Crippen molar-refractivity contribution < 1.29 is 24.6 Å². The molecule has 4 N–H and O–H groups in total. The minimum Gasteiger partial charge on any atom is -0.380 e. The maximum atomic E-state index is 13.0. The van der Waals surface area contributed by atoms with E-state index in [1.54, 1.807) is 23.2 Å². The average Bonchev–Trinajstić information content (AvgIpc) is 3.64. The van der Waals surface area contributed by atoms with Gasteiger partial charge < -0.3 is 25.7 Å². The van der Waals surface area contributed by atoms with E-state index in [0.29, 0.717) is 30.2 Å². The Morgan fingerprint density at radius 3 is 2.58 bits per heavy atom. The van der Waals surface area contributed by atoms with Gasteiger partial charge in [-0.2, -0.15) is 5.10 Å². The molecule has 0 radical (unpaired) electrons. The zero-order chi connectivity index (χ0) is 25.8. The van der Waals surface area contributed by atoms with Crippen LogP contribution in [0.5, 0.6) is 0 Å². The molecule has 0 unspecified atom stereocenters. The van der Waals surface area contributed by atoms with Gasteiger partial charge in [-0.1, -0.05) is 12.1 Å². The average molecular weight is 513 g/mol. The van der Waals surface area contributed by atoms with Gasteiger partial charge in [0.1, 0.15) is 0 Å².